The van der Waals surface area contributed by atoms with E-state index in [2.05, 4.69) is 0 Å². The first-order valence-corrected chi connectivity index (χ1v) is 8.27. The van der Waals surface area contributed by atoms with Gasteiger partial charge in [0.05, 0.1) is 24.7 Å². The van der Waals surface area contributed by atoms with Crippen molar-refractivity contribution in [3.8, 4) is 0 Å². The van der Waals surface area contributed by atoms with E-state index >= 15 is 0 Å². The molecule has 0 aliphatic rings. The third-order valence-corrected chi connectivity index (χ3v) is 4.60. The quantitative estimate of drug-likeness (QED) is 0.663. The van der Waals surface area contributed by atoms with Crippen LogP contribution in [0.25, 0.3) is 0 Å². The van der Waals surface area contributed by atoms with Crippen LogP contribution in [0.5, 0.6) is 0 Å². The number of esters is 1. The van der Waals surface area contributed by atoms with Crippen molar-refractivity contribution < 1.29 is 28.2 Å². The number of aliphatic hydroxyl groups is 2. The van der Waals surface area contributed by atoms with Gasteiger partial charge in [0.1, 0.15) is 0 Å². The molecule has 0 atom stereocenters. The summed E-state index contributed by atoms with van der Waals surface area (Å²) in [6.07, 6.45) is 0.798. The second-order valence-electron chi connectivity index (χ2n) is 4.67. The average molecular weight is 316 g/mol. The topological polar surface area (TPSA) is 101 Å². The first-order chi connectivity index (χ1) is 9.92. The van der Waals surface area contributed by atoms with E-state index in [1.807, 2.05) is 6.92 Å². The van der Waals surface area contributed by atoms with Crippen LogP contribution in [0.2, 0.25) is 0 Å². The van der Waals surface area contributed by atoms with Crippen molar-refractivity contribution in [1.82, 2.24) is 0 Å². The molecule has 0 saturated carbocycles. The minimum Gasteiger partial charge on any atom is -0.464 e. The number of hydrogen-bond donors (Lipinski definition) is 2. The molecule has 118 valence electrons. The molecular formula is C14H20O6S. The van der Waals surface area contributed by atoms with Gasteiger partial charge in [0.2, 0.25) is 0 Å². The minimum absolute atomic E-state index is 0.0671. The lowest BCUT2D eigenvalue weighted by atomic mass is 10.2. The van der Waals surface area contributed by atoms with Gasteiger partial charge in [0.25, 0.3) is 0 Å². The van der Waals surface area contributed by atoms with Crippen LogP contribution in [-0.2, 0) is 25.8 Å². The molecule has 0 heterocycles. The van der Waals surface area contributed by atoms with Crippen LogP contribution >= 0.6 is 0 Å². The zero-order valence-corrected chi connectivity index (χ0v) is 12.7. The summed E-state index contributed by atoms with van der Waals surface area (Å²) in [4.78, 5) is 11.6. The van der Waals surface area contributed by atoms with Gasteiger partial charge in [-0.2, -0.15) is 0 Å². The molecule has 21 heavy (non-hydrogen) atoms. The predicted octanol–water partition coefficient (Wildman–Crippen LogP) is 0.167. The van der Waals surface area contributed by atoms with Crippen LogP contribution in [0, 0.1) is 5.92 Å². The molecule has 0 radical (unpaired) electrons. The van der Waals surface area contributed by atoms with E-state index in [4.69, 9.17) is 14.9 Å². The average Bonchev–Trinajstić information content (AvgIpc) is 2.48. The number of rotatable bonds is 8. The van der Waals surface area contributed by atoms with Crippen molar-refractivity contribution in [2.45, 2.75) is 18.2 Å². The zero-order valence-electron chi connectivity index (χ0n) is 11.9. The van der Waals surface area contributed by atoms with Crippen LogP contribution in [-0.4, -0.2) is 50.2 Å². The van der Waals surface area contributed by atoms with Crippen LogP contribution in [0.15, 0.2) is 29.2 Å². The summed E-state index contributed by atoms with van der Waals surface area (Å²) in [6, 6.07) is 6.33. The molecule has 0 fully saturated rings. The van der Waals surface area contributed by atoms with Gasteiger partial charge in [0, 0.05) is 5.92 Å². The molecule has 0 unspecified atom stereocenters. The third-order valence-electron chi connectivity index (χ3n) is 3.00. The monoisotopic (exact) mass is 316 g/mol. The molecule has 0 aliphatic heterocycles. The smallest absolute Gasteiger partial charge is 0.321 e. The molecule has 0 bridgehead atoms. The summed E-state index contributed by atoms with van der Waals surface area (Å²) < 4.78 is 28.8. The Labute approximate surface area is 124 Å². The number of aryl methyl sites for hydroxylation is 1. The van der Waals surface area contributed by atoms with Gasteiger partial charge in [-0.25, -0.2) is 8.42 Å². The highest BCUT2D eigenvalue weighted by Crippen LogP contribution is 2.13. The standard InChI is InChI=1S/C14H20O6S/c1-2-11-3-5-13(6-4-11)21(18,19)10-14(17)20-9-12(7-15)8-16/h3-6,12,15-16H,2,7-10H2,1H3. The van der Waals surface area contributed by atoms with Crippen LogP contribution in [0.3, 0.4) is 0 Å². The van der Waals surface area contributed by atoms with E-state index in [1.54, 1.807) is 12.1 Å². The number of benzene rings is 1. The second-order valence-corrected chi connectivity index (χ2v) is 6.66. The molecule has 7 heteroatoms. The number of ether oxygens (including phenoxy) is 1. The fourth-order valence-corrected chi connectivity index (χ4v) is 2.70. The lowest BCUT2D eigenvalue weighted by Crippen LogP contribution is -2.24. The van der Waals surface area contributed by atoms with Gasteiger partial charge < -0.3 is 14.9 Å². The number of aliphatic hydroxyl groups excluding tert-OH is 2. The summed E-state index contributed by atoms with van der Waals surface area (Å²) in [6.45, 7) is 1.07. The Balaban J connectivity index is 2.64. The lowest BCUT2D eigenvalue weighted by Gasteiger charge is -2.11. The van der Waals surface area contributed by atoms with E-state index in [9.17, 15) is 13.2 Å². The fraction of sp³-hybridized carbons (Fsp3) is 0.500. The van der Waals surface area contributed by atoms with Crippen molar-refractivity contribution in [1.29, 1.82) is 0 Å². The molecule has 1 rings (SSSR count). The first-order valence-electron chi connectivity index (χ1n) is 6.62. The van der Waals surface area contributed by atoms with Crippen LogP contribution in [0.4, 0.5) is 0 Å². The van der Waals surface area contributed by atoms with Gasteiger partial charge in [-0.1, -0.05) is 19.1 Å². The summed E-state index contributed by atoms with van der Waals surface area (Å²) in [5.74, 6) is -2.26. The van der Waals surface area contributed by atoms with Crippen molar-refractivity contribution in [3.05, 3.63) is 29.8 Å². The summed E-state index contributed by atoms with van der Waals surface area (Å²) >= 11 is 0. The largest absolute Gasteiger partial charge is 0.464 e. The maximum atomic E-state index is 12.0. The van der Waals surface area contributed by atoms with E-state index in [0.717, 1.165) is 12.0 Å². The number of carbonyl (C=O) groups excluding carboxylic acids is 1. The molecule has 6 nitrogen and oxygen atoms in total. The zero-order chi connectivity index (χ0) is 15.9. The molecule has 0 saturated heterocycles. The number of carbonyl (C=O) groups is 1. The van der Waals surface area contributed by atoms with Crippen molar-refractivity contribution in [2.24, 2.45) is 5.92 Å². The Kier molecular flexibility index (Phi) is 6.80. The highest BCUT2D eigenvalue weighted by atomic mass is 32.2. The lowest BCUT2D eigenvalue weighted by molar-refractivity contribution is -0.142. The maximum Gasteiger partial charge on any atom is 0.321 e. The summed E-state index contributed by atoms with van der Waals surface area (Å²) in [5.41, 5.74) is 1.00. The first kappa shape index (κ1) is 17.6. The van der Waals surface area contributed by atoms with E-state index in [0.29, 0.717) is 0 Å². The van der Waals surface area contributed by atoms with Gasteiger partial charge in [-0.05, 0) is 24.1 Å². The Morgan fingerprint density at radius 3 is 2.24 bits per heavy atom. The highest BCUT2D eigenvalue weighted by molar-refractivity contribution is 7.92. The number of sulfone groups is 1. The number of hydrogen-bond acceptors (Lipinski definition) is 6. The summed E-state index contributed by atoms with van der Waals surface area (Å²) in [5, 5.41) is 17.7. The Bertz CT molecular complexity index is 545. The van der Waals surface area contributed by atoms with E-state index in [-0.39, 0.29) is 24.7 Å². The highest BCUT2D eigenvalue weighted by Gasteiger charge is 2.21. The molecule has 0 spiro atoms. The van der Waals surface area contributed by atoms with Gasteiger partial charge in [0.15, 0.2) is 15.6 Å². The predicted molar refractivity (Wildman–Crippen MR) is 76.5 cm³/mol. The Morgan fingerprint density at radius 1 is 1.19 bits per heavy atom. The third kappa shape index (κ3) is 5.45. The molecule has 0 aliphatic carbocycles. The van der Waals surface area contributed by atoms with Crippen LogP contribution < -0.4 is 0 Å². The van der Waals surface area contributed by atoms with Gasteiger partial charge in [-0.3, -0.25) is 4.79 Å². The van der Waals surface area contributed by atoms with Gasteiger partial charge >= 0.3 is 5.97 Å². The second kappa shape index (κ2) is 8.11. The molecule has 2 N–H and O–H groups in total. The molecule has 1 aromatic carbocycles. The van der Waals surface area contributed by atoms with Crippen molar-refractivity contribution >= 4 is 15.8 Å². The molecule has 1 aromatic rings. The Morgan fingerprint density at radius 2 is 1.76 bits per heavy atom. The van der Waals surface area contributed by atoms with Crippen LogP contribution in [0.1, 0.15) is 12.5 Å². The minimum atomic E-state index is -3.75. The van der Waals surface area contributed by atoms with Crippen molar-refractivity contribution in [3.63, 3.8) is 0 Å². The van der Waals surface area contributed by atoms with E-state index in [1.165, 1.54) is 12.1 Å². The maximum absolute atomic E-state index is 12.0. The Hall–Kier alpha value is -1.44. The molecule has 0 aromatic heterocycles. The molecular weight excluding hydrogens is 296 g/mol. The fourth-order valence-electron chi connectivity index (χ4n) is 1.59. The SMILES string of the molecule is CCc1ccc(S(=O)(=O)CC(=O)OCC(CO)CO)cc1. The summed E-state index contributed by atoms with van der Waals surface area (Å²) in [7, 11) is -3.75. The molecule has 0 amide bonds. The van der Waals surface area contributed by atoms with Crippen molar-refractivity contribution in [2.75, 3.05) is 25.6 Å². The normalized spacial score (nSPS) is 11.6. The van der Waals surface area contributed by atoms with E-state index < -0.39 is 27.5 Å². The van der Waals surface area contributed by atoms with Gasteiger partial charge in [-0.15, -0.1) is 0 Å².